The molecule has 1 aromatic heterocycles. The number of rotatable bonds is 9. The largest absolute Gasteiger partial charge is 0.383 e. The van der Waals surface area contributed by atoms with Crippen molar-refractivity contribution in [2.45, 2.75) is 44.0 Å². The van der Waals surface area contributed by atoms with Crippen molar-refractivity contribution in [3.8, 4) is 0 Å². The van der Waals surface area contributed by atoms with E-state index in [1.165, 1.54) is 17.8 Å². The molecule has 1 saturated carbocycles. The van der Waals surface area contributed by atoms with Gasteiger partial charge < -0.3 is 4.74 Å². The van der Waals surface area contributed by atoms with Crippen molar-refractivity contribution in [2.75, 3.05) is 26.8 Å². The molecule has 0 N–H and O–H groups in total. The van der Waals surface area contributed by atoms with Crippen LogP contribution in [-0.2, 0) is 20.9 Å². The maximum Gasteiger partial charge on any atom is 0.186 e. The van der Waals surface area contributed by atoms with Gasteiger partial charge >= 0.3 is 0 Å². The number of methoxy groups -OCH3 is 1. The van der Waals surface area contributed by atoms with Crippen molar-refractivity contribution >= 4 is 28.7 Å². The van der Waals surface area contributed by atoms with Crippen LogP contribution in [0.3, 0.4) is 0 Å². The number of aromatic nitrogens is 2. The Morgan fingerprint density at radius 3 is 2.76 bits per heavy atom. The lowest BCUT2D eigenvalue weighted by atomic mass is 9.93. The van der Waals surface area contributed by atoms with Crippen molar-refractivity contribution < 1.29 is 18.7 Å². The number of nitrogens with zero attached hydrogens (tertiary/aromatic N) is 3. The van der Waals surface area contributed by atoms with Crippen molar-refractivity contribution in [1.82, 2.24) is 14.7 Å². The summed E-state index contributed by atoms with van der Waals surface area (Å²) in [4.78, 5) is 27.2. The molecule has 33 heavy (non-hydrogen) atoms. The highest BCUT2D eigenvalue weighted by Crippen LogP contribution is 2.40. The summed E-state index contributed by atoms with van der Waals surface area (Å²) < 4.78 is 21.7. The number of hydrogen-bond acceptors (Lipinski definition) is 6. The molecule has 8 heteroatoms. The number of carbonyl (C=O) groups is 2. The molecule has 0 radical (unpaired) electrons. The topological polar surface area (TPSA) is 64.4 Å². The predicted molar refractivity (Wildman–Crippen MR) is 127 cm³/mol. The van der Waals surface area contributed by atoms with E-state index in [0.29, 0.717) is 38.2 Å². The first-order valence-corrected chi connectivity index (χ1v) is 12.3. The molecule has 2 fully saturated rings. The highest BCUT2D eigenvalue weighted by molar-refractivity contribution is 8.14. The molecular formula is C25H30FN3O3S. The first-order chi connectivity index (χ1) is 16.0. The van der Waals surface area contributed by atoms with Crippen LogP contribution < -0.4 is 0 Å². The van der Waals surface area contributed by atoms with Crippen LogP contribution >= 0.6 is 11.8 Å². The number of Topliss-reactive ketones (excluding diaryl/α,β-unsaturated/α-hetero) is 1. The van der Waals surface area contributed by atoms with Crippen LogP contribution in [0.25, 0.3) is 6.08 Å². The van der Waals surface area contributed by atoms with Gasteiger partial charge in [-0.05, 0) is 43.0 Å². The van der Waals surface area contributed by atoms with E-state index in [4.69, 9.17) is 4.74 Å². The lowest BCUT2D eigenvalue weighted by Crippen LogP contribution is -2.43. The van der Waals surface area contributed by atoms with E-state index in [1.54, 1.807) is 32.2 Å². The average Bonchev–Trinajstić information content (AvgIpc) is 3.55. The molecule has 2 heterocycles. The van der Waals surface area contributed by atoms with Gasteiger partial charge in [0.25, 0.3) is 0 Å². The van der Waals surface area contributed by atoms with E-state index in [2.05, 4.69) is 10.00 Å². The Balaban J connectivity index is 1.62. The summed E-state index contributed by atoms with van der Waals surface area (Å²) in [5.41, 5.74) is 2.27. The summed E-state index contributed by atoms with van der Waals surface area (Å²) in [5, 5.41) is 4.67. The number of thioether (sulfide) groups is 1. The summed E-state index contributed by atoms with van der Waals surface area (Å²) in [6, 6.07) is 7.90. The van der Waals surface area contributed by atoms with Gasteiger partial charge in [-0.1, -0.05) is 30.0 Å². The number of benzene rings is 1. The fourth-order valence-corrected chi connectivity index (χ4v) is 5.27. The monoisotopic (exact) mass is 471 g/mol. The summed E-state index contributed by atoms with van der Waals surface area (Å²) in [6.07, 6.45) is 6.38. The van der Waals surface area contributed by atoms with Crippen LogP contribution in [0.15, 0.2) is 42.1 Å². The SMILES string of the molecule is COCCn1ccc(/C=C2/CN(C(C(=O)C3CC3)c3ccccc3F)CCC2SC(C)=O)n1. The second-order valence-electron chi connectivity index (χ2n) is 8.67. The van der Waals surface area contributed by atoms with Crippen LogP contribution in [0.1, 0.15) is 43.5 Å². The molecule has 2 unspecified atom stereocenters. The molecule has 1 aromatic carbocycles. The molecule has 6 nitrogen and oxygen atoms in total. The molecule has 4 rings (SSSR count). The molecule has 176 valence electrons. The molecule has 1 aliphatic carbocycles. The third kappa shape index (κ3) is 5.99. The Hall–Kier alpha value is -2.29. The van der Waals surface area contributed by atoms with Crippen LogP contribution in [0, 0.1) is 11.7 Å². The average molecular weight is 472 g/mol. The van der Waals surface area contributed by atoms with Crippen molar-refractivity contribution in [1.29, 1.82) is 0 Å². The molecule has 1 saturated heterocycles. The number of hydrogen-bond donors (Lipinski definition) is 0. The molecule has 0 amide bonds. The van der Waals surface area contributed by atoms with Crippen LogP contribution in [0.5, 0.6) is 0 Å². The number of halogens is 1. The molecular weight excluding hydrogens is 441 g/mol. The third-order valence-corrected chi connectivity index (χ3v) is 7.27. The Bertz CT molecular complexity index is 1030. The zero-order chi connectivity index (χ0) is 23.4. The summed E-state index contributed by atoms with van der Waals surface area (Å²) in [5.74, 6) is -0.233. The minimum Gasteiger partial charge on any atom is -0.383 e. The fraction of sp³-hybridized carbons (Fsp3) is 0.480. The summed E-state index contributed by atoms with van der Waals surface area (Å²) in [7, 11) is 1.65. The molecule has 0 bridgehead atoms. The zero-order valence-corrected chi connectivity index (χ0v) is 19.9. The van der Waals surface area contributed by atoms with Crippen LogP contribution in [-0.4, -0.2) is 57.6 Å². The number of ether oxygens (including phenoxy) is 1. The van der Waals surface area contributed by atoms with Crippen molar-refractivity contribution in [3.63, 3.8) is 0 Å². The predicted octanol–water partition coefficient (Wildman–Crippen LogP) is 4.13. The van der Waals surface area contributed by atoms with Crippen molar-refractivity contribution in [2.24, 2.45) is 5.92 Å². The summed E-state index contributed by atoms with van der Waals surface area (Å²) >= 11 is 1.32. The molecule has 1 aliphatic heterocycles. The van der Waals surface area contributed by atoms with Gasteiger partial charge in [0.05, 0.1) is 24.9 Å². The highest BCUT2D eigenvalue weighted by Gasteiger charge is 2.41. The van der Waals surface area contributed by atoms with Crippen LogP contribution in [0.4, 0.5) is 4.39 Å². The van der Waals surface area contributed by atoms with Gasteiger partial charge in [0.15, 0.2) is 10.9 Å². The van der Waals surface area contributed by atoms with Crippen molar-refractivity contribution in [3.05, 3.63) is 59.2 Å². The molecule has 2 atom stereocenters. The smallest absolute Gasteiger partial charge is 0.186 e. The minimum atomic E-state index is -0.607. The van der Waals surface area contributed by atoms with Crippen LogP contribution in [0.2, 0.25) is 0 Å². The second-order valence-corrected chi connectivity index (χ2v) is 10.1. The Kier molecular flexibility index (Phi) is 7.78. The lowest BCUT2D eigenvalue weighted by Gasteiger charge is -2.38. The van der Waals surface area contributed by atoms with E-state index in [1.807, 2.05) is 23.0 Å². The number of likely N-dealkylation sites (tertiary alicyclic amines) is 1. The number of piperidine rings is 1. The van der Waals surface area contributed by atoms with E-state index in [-0.39, 0.29) is 27.9 Å². The maximum absolute atomic E-state index is 14.8. The van der Waals surface area contributed by atoms with Gasteiger partial charge in [-0.3, -0.25) is 19.2 Å². The normalized spacial score (nSPS) is 21.3. The second kappa shape index (κ2) is 10.8. The first-order valence-electron chi connectivity index (χ1n) is 11.4. The molecule has 2 aromatic rings. The van der Waals surface area contributed by atoms with Gasteiger partial charge in [-0.25, -0.2) is 4.39 Å². The Morgan fingerprint density at radius 1 is 1.27 bits per heavy atom. The zero-order valence-electron chi connectivity index (χ0n) is 19.1. The van der Waals surface area contributed by atoms with Gasteiger partial charge in [-0.15, -0.1) is 0 Å². The van der Waals surface area contributed by atoms with Gasteiger partial charge in [0.1, 0.15) is 5.82 Å². The van der Waals surface area contributed by atoms with E-state index < -0.39 is 6.04 Å². The van der Waals surface area contributed by atoms with Gasteiger partial charge in [0, 0.05) is 50.1 Å². The third-order valence-electron chi connectivity index (χ3n) is 6.12. The molecule has 0 spiro atoms. The highest BCUT2D eigenvalue weighted by atomic mass is 32.2. The van der Waals surface area contributed by atoms with Gasteiger partial charge in [-0.2, -0.15) is 5.10 Å². The lowest BCUT2D eigenvalue weighted by molar-refractivity contribution is -0.126. The van der Waals surface area contributed by atoms with Gasteiger partial charge in [0.2, 0.25) is 0 Å². The number of ketones is 1. The van der Waals surface area contributed by atoms with E-state index in [9.17, 15) is 14.0 Å². The fourth-order valence-electron chi connectivity index (χ4n) is 4.35. The summed E-state index contributed by atoms with van der Waals surface area (Å²) in [6.45, 7) is 3.92. The maximum atomic E-state index is 14.8. The Morgan fingerprint density at radius 2 is 2.06 bits per heavy atom. The first kappa shape index (κ1) is 23.9. The minimum absolute atomic E-state index is 0.0140. The Labute approximate surface area is 198 Å². The van der Waals surface area contributed by atoms with E-state index >= 15 is 0 Å². The standard InChI is InChI=1S/C25H30FN3O3S/c1-17(30)33-23-10-11-28(16-19(23)15-20-9-12-29(27-20)13-14-32-2)24(25(31)18-7-8-18)21-5-3-4-6-22(21)26/h3-6,9,12,15,18,23-24H,7-8,10-11,13-14,16H2,1-2H3/b19-15-. The quantitative estimate of drug-likeness (QED) is 0.548. The number of carbonyl (C=O) groups excluding carboxylic acids is 2. The van der Waals surface area contributed by atoms with E-state index in [0.717, 1.165) is 24.1 Å². The molecule has 2 aliphatic rings.